The summed E-state index contributed by atoms with van der Waals surface area (Å²) >= 11 is 6.03. The summed E-state index contributed by atoms with van der Waals surface area (Å²) in [7, 11) is 0. The zero-order valence-corrected chi connectivity index (χ0v) is 12.3. The molecule has 2 rings (SSSR count). The minimum Gasteiger partial charge on any atom is -0.322 e. The first-order valence-corrected chi connectivity index (χ1v) is 6.84. The highest BCUT2D eigenvalue weighted by Crippen LogP contribution is 2.28. The van der Waals surface area contributed by atoms with Crippen LogP contribution in [0.3, 0.4) is 0 Å². The van der Waals surface area contributed by atoms with Crippen LogP contribution in [-0.2, 0) is 0 Å². The van der Waals surface area contributed by atoms with Gasteiger partial charge in [0.2, 0.25) is 0 Å². The molecule has 0 aliphatic carbocycles. The van der Waals surface area contributed by atoms with Crippen molar-refractivity contribution in [1.82, 2.24) is 0 Å². The first-order valence-electron chi connectivity index (χ1n) is 6.40. The number of carbonyl (C=O) groups excluding carboxylic acids is 1. The lowest BCUT2D eigenvalue weighted by Crippen LogP contribution is -2.17. The second-order valence-corrected chi connectivity index (χ2v) is 5.37. The van der Waals surface area contributed by atoms with Crippen LogP contribution >= 0.6 is 11.6 Å². The molecule has 0 aliphatic heterocycles. The quantitative estimate of drug-likeness (QED) is 0.809. The summed E-state index contributed by atoms with van der Waals surface area (Å²) in [6.45, 7) is 3.22. The largest absolute Gasteiger partial charge is 0.322 e. The standard InChI is InChI=1S/C16H14ClF2NO/c1-9-7-8-12(18)14(15(9)19)16(21)20-13-6-4-3-5-11(13)10(2)17/h3-8,10H,1-2H3,(H,20,21). The number of halogens is 3. The zero-order valence-electron chi connectivity index (χ0n) is 11.6. The Morgan fingerprint density at radius 3 is 2.52 bits per heavy atom. The monoisotopic (exact) mass is 309 g/mol. The maximum absolute atomic E-state index is 13.9. The molecule has 0 fully saturated rings. The van der Waals surface area contributed by atoms with Crippen molar-refractivity contribution in [3.63, 3.8) is 0 Å². The molecule has 5 heteroatoms. The van der Waals surface area contributed by atoms with Crippen molar-refractivity contribution in [1.29, 1.82) is 0 Å². The Morgan fingerprint density at radius 2 is 1.86 bits per heavy atom. The first-order chi connectivity index (χ1) is 9.91. The highest BCUT2D eigenvalue weighted by Gasteiger charge is 2.20. The number of nitrogens with one attached hydrogen (secondary N) is 1. The molecule has 1 N–H and O–H groups in total. The third-order valence-corrected chi connectivity index (χ3v) is 3.38. The Balaban J connectivity index is 2.38. The predicted octanol–water partition coefficient (Wildman–Crippen LogP) is 4.83. The molecular formula is C16H14ClF2NO. The molecule has 2 nitrogen and oxygen atoms in total. The highest BCUT2D eigenvalue weighted by atomic mass is 35.5. The number of carbonyl (C=O) groups is 1. The van der Waals surface area contributed by atoms with Gasteiger partial charge in [-0.2, -0.15) is 0 Å². The molecule has 1 amide bonds. The van der Waals surface area contributed by atoms with Crippen LogP contribution in [0.25, 0.3) is 0 Å². The van der Waals surface area contributed by atoms with E-state index in [4.69, 9.17) is 11.6 Å². The molecule has 110 valence electrons. The van der Waals surface area contributed by atoms with Gasteiger partial charge in [-0.25, -0.2) is 8.78 Å². The van der Waals surface area contributed by atoms with Crippen molar-refractivity contribution in [3.8, 4) is 0 Å². The van der Waals surface area contributed by atoms with E-state index in [1.807, 2.05) is 0 Å². The fourth-order valence-corrected chi connectivity index (χ4v) is 2.20. The van der Waals surface area contributed by atoms with Gasteiger partial charge in [0.25, 0.3) is 5.91 Å². The maximum Gasteiger partial charge on any atom is 0.261 e. The number of aryl methyl sites for hydroxylation is 1. The number of para-hydroxylation sites is 1. The number of hydrogen-bond acceptors (Lipinski definition) is 1. The van der Waals surface area contributed by atoms with Crippen molar-refractivity contribution in [2.75, 3.05) is 5.32 Å². The molecule has 21 heavy (non-hydrogen) atoms. The molecule has 1 unspecified atom stereocenters. The molecule has 0 bridgehead atoms. The van der Waals surface area contributed by atoms with E-state index in [1.165, 1.54) is 13.0 Å². The normalized spacial score (nSPS) is 12.0. The number of benzene rings is 2. The van der Waals surface area contributed by atoms with Gasteiger partial charge in [-0.1, -0.05) is 24.3 Å². The van der Waals surface area contributed by atoms with Gasteiger partial charge < -0.3 is 5.32 Å². The molecule has 0 radical (unpaired) electrons. The smallest absolute Gasteiger partial charge is 0.261 e. The molecule has 0 saturated heterocycles. The van der Waals surface area contributed by atoms with Crippen molar-refractivity contribution in [2.45, 2.75) is 19.2 Å². The Hall–Kier alpha value is -1.94. The third-order valence-electron chi connectivity index (χ3n) is 3.15. The summed E-state index contributed by atoms with van der Waals surface area (Å²) in [5.41, 5.74) is 0.735. The summed E-state index contributed by atoms with van der Waals surface area (Å²) in [6, 6.07) is 9.23. The molecule has 0 saturated carbocycles. The van der Waals surface area contributed by atoms with E-state index in [9.17, 15) is 13.6 Å². The lowest BCUT2D eigenvalue weighted by Gasteiger charge is -2.13. The summed E-state index contributed by atoms with van der Waals surface area (Å²) in [5.74, 6) is -2.59. The van der Waals surface area contributed by atoms with Crippen LogP contribution in [0, 0.1) is 18.6 Å². The molecule has 0 spiro atoms. The summed E-state index contributed by atoms with van der Waals surface area (Å²) in [4.78, 5) is 12.1. The summed E-state index contributed by atoms with van der Waals surface area (Å²) in [6.07, 6.45) is 0. The van der Waals surface area contributed by atoms with Crippen molar-refractivity contribution in [2.24, 2.45) is 0 Å². The van der Waals surface area contributed by atoms with E-state index in [2.05, 4.69) is 5.32 Å². The van der Waals surface area contributed by atoms with Crippen LogP contribution in [0.5, 0.6) is 0 Å². The number of hydrogen-bond donors (Lipinski definition) is 1. The molecule has 0 aliphatic rings. The van der Waals surface area contributed by atoms with Crippen LogP contribution in [0.1, 0.15) is 33.8 Å². The highest BCUT2D eigenvalue weighted by molar-refractivity contribution is 6.21. The lowest BCUT2D eigenvalue weighted by molar-refractivity contribution is 0.101. The number of anilines is 1. The van der Waals surface area contributed by atoms with Crippen molar-refractivity contribution < 1.29 is 13.6 Å². The average Bonchev–Trinajstić information content (AvgIpc) is 2.43. The van der Waals surface area contributed by atoms with Crippen molar-refractivity contribution in [3.05, 3.63) is 64.7 Å². The van der Waals surface area contributed by atoms with Crippen LogP contribution in [-0.4, -0.2) is 5.91 Å². The molecule has 0 heterocycles. The zero-order chi connectivity index (χ0) is 15.6. The number of amides is 1. The van der Waals surface area contributed by atoms with E-state index >= 15 is 0 Å². The fourth-order valence-electron chi connectivity index (χ4n) is 2.01. The van der Waals surface area contributed by atoms with Crippen molar-refractivity contribution >= 4 is 23.2 Å². The number of rotatable bonds is 3. The van der Waals surface area contributed by atoms with Crippen LogP contribution in [0.4, 0.5) is 14.5 Å². The molecule has 2 aromatic rings. The van der Waals surface area contributed by atoms with Gasteiger partial charge in [-0.05, 0) is 37.1 Å². The van der Waals surface area contributed by atoms with Gasteiger partial charge in [0.05, 0.1) is 5.38 Å². The summed E-state index contributed by atoms with van der Waals surface area (Å²) in [5, 5.41) is 2.17. The van der Waals surface area contributed by atoms with Crippen LogP contribution in [0.15, 0.2) is 36.4 Å². The first kappa shape index (κ1) is 15.4. The SMILES string of the molecule is Cc1ccc(F)c(C(=O)Nc2ccccc2C(C)Cl)c1F. The molecular weight excluding hydrogens is 296 g/mol. The molecule has 0 aromatic heterocycles. The van der Waals surface area contributed by atoms with Gasteiger partial charge in [-0.15, -0.1) is 11.6 Å². The van der Waals surface area contributed by atoms with Crippen LogP contribution < -0.4 is 5.32 Å². The Bertz CT molecular complexity index is 686. The number of alkyl halides is 1. The van der Waals surface area contributed by atoms with E-state index in [-0.39, 0.29) is 10.9 Å². The average molecular weight is 310 g/mol. The van der Waals surface area contributed by atoms with Gasteiger partial charge in [0, 0.05) is 5.69 Å². The van der Waals surface area contributed by atoms with E-state index < -0.39 is 23.1 Å². The fraction of sp³-hybridized carbons (Fsp3) is 0.188. The Kier molecular flexibility index (Phi) is 4.58. The third kappa shape index (κ3) is 3.22. The molecule has 1 atom stereocenters. The Labute approximate surface area is 126 Å². The topological polar surface area (TPSA) is 29.1 Å². The molecule has 2 aromatic carbocycles. The second-order valence-electron chi connectivity index (χ2n) is 4.71. The van der Waals surface area contributed by atoms with E-state index in [0.29, 0.717) is 11.3 Å². The predicted molar refractivity (Wildman–Crippen MR) is 79.8 cm³/mol. The second kappa shape index (κ2) is 6.22. The van der Waals surface area contributed by atoms with Gasteiger partial charge in [0.1, 0.15) is 17.2 Å². The summed E-state index contributed by atoms with van der Waals surface area (Å²) < 4.78 is 27.7. The van der Waals surface area contributed by atoms with Crippen LogP contribution in [0.2, 0.25) is 0 Å². The van der Waals surface area contributed by atoms with E-state index in [1.54, 1.807) is 31.2 Å². The maximum atomic E-state index is 13.9. The van der Waals surface area contributed by atoms with E-state index in [0.717, 1.165) is 6.07 Å². The minimum atomic E-state index is -0.896. The Morgan fingerprint density at radius 1 is 1.19 bits per heavy atom. The lowest BCUT2D eigenvalue weighted by atomic mass is 10.1. The van der Waals surface area contributed by atoms with Gasteiger partial charge in [-0.3, -0.25) is 4.79 Å². The minimum absolute atomic E-state index is 0.209. The van der Waals surface area contributed by atoms with Gasteiger partial charge >= 0.3 is 0 Å². The van der Waals surface area contributed by atoms with Gasteiger partial charge in [0.15, 0.2) is 0 Å².